The van der Waals surface area contributed by atoms with E-state index in [2.05, 4.69) is 8.75 Å². The molecule has 42 heavy (non-hydrogen) atoms. The zero-order valence-corrected chi connectivity index (χ0v) is 27.5. The van der Waals surface area contributed by atoms with Crippen LogP contribution in [0.5, 0.6) is 11.5 Å². The number of aromatic nitrogens is 2. The van der Waals surface area contributed by atoms with Crippen molar-refractivity contribution in [2.75, 3.05) is 32.1 Å². The Balaban J connectivity index is 1.71. The van der Waals surface area contributed by atoms with Crippen molar-refractivity contribution in [3.05, 3.63) is 53.9 Å². The molecule has 0 aliphatic rings. The summed E-state index contributed by atoms with van der Waals surface area (Å²) in [4.78, 5) is 37.5. The van der Waals surface area contributed by atoms with Gasteiger partial charge in [0.1, 0.15) is 47.0 Å². The van der Waals surface area contributed by atoms with E-state index < -0.39 is 30.1 Å². The molecule has 0 radical (unpaired) electrons. The van der Waals surface area contributed by atoms with Gasteiger partial charge in [0.2, 0.25) is 0 Å². The number of ether oxygens (including phenoxy) is 5. The first-order valence-electron chi connectivity index (χ1n) is 11.7. The zero-order valence-electron chi connectivity index (χ0n) is 21.4. The van der Waals surface area contributed by atoms with Gasteiger partial charge in [-0.1, -0.05) is 46.4 Å². The summed E-state index contributed by atoms with van der Waals surface area (Å²) in [6.07, 6.45) is -1.06. The molecule has 0 aliphatic carbocycles. The Morgan fingerprint density at radius 2 is 1.17 bits per heavy atom. The number of hydrogen-bond donors (Lipinski definition) is 0. The van der Waals surface area contributed by atoms with Crippen molar-refractivity contribution in [1.82, 2.24) is 8.75 Å². The summed E-state index contributed by atoms with van der Waals surface area (Å²) in [6.45, 7) is -0.255. The van der Waals surface area contributed by atoms with Gasteiger partial charge in [-0.05, 0) is 35.2 Å². The molecule has 1 aromatic carbocycles. The molecule has 2 aromatic heterocycles. The minimum Gasteiger partial charge on any atom is -0.490 e. The molecule has 0 saturated heterocycles. The van der Waals surface area contributed by atoms with Gasteiger partial charge in [-0.3, -0.25) is 0 Å². The predicted molar refractivity (Wildman–Crippen MR) is 162 cm³/mol. The van der Waals surface area contributed by atoms with Gasteiger partial charge in [-0.25, -0.2) is 14.4 Å². The molecule has 3 aromatic rings. The molecule has 18 heteroatoms. The molecular formula is C24H20Cl6N2O8S2. The normalized spacial score (nSPS) is 12.4. The molecular weight excluding hydrogens is 721 g/mol. The average Bonchev–Trinajstić information content (AvgIpc) is 3.49. The molecule has 0 spiro atoms. The number of benzene rings is 1. The van der Waals surface area contributed by atoms with E-state index >= 15 is 0 Å². The van der Waals surface area contributed by atoms with Gasteiger partial charge in [0.15, 0.2) is 20.1 Å². The number of hydrogen-bond acceptors (Lipinski definition) is 12. The van der Waals surface area contributed by atoms with Crippen molar-refractivity contribution in [3.63, 3.8) is 0 Å². The fourth-order valence-corrected chi connectivity index (χ4v) is 5.80. The lowest BCUT2D eigenvalue weighted by Crippen LogP contribution is -2.26. The van der Waals surface area contributed by atoms with E-state index in [9.17, 15) is 14.4 Å². The number of alkyl halides is 2. The summed E-state index contributed by atoms with van der Waals surface area (Å²) in [5, 5.41) is -0.0415. The molecule has 0 fully saturated rings. The SMILES string of the molecule is COC(=O)c1cc(OCC(CCCl)OC(=O)c2snc(Cl)c2Cl)cc(OCC(CCCl)OC(=O)c2snc(Cl)c2Cl)c1. The number of nitrogens with zero attached hydrogens (tertiary/aromatic N) is 2. The first-order valence-corrected chi connectivity index (χ1v) is 15.8. The van der Waals surface area contributed by atoms with Crippen LogP contribution in [0, 0.1) is 0 Å². The van der Waals surface area contributed by atoms with E-state index in [1.165, 1.54) is 25.3 Å². The lowest BCUT2D eigenvalue weighted by Gasteiger charge is -2.19. The van der Waals surface area contributed by atoms with Gasteiger partial charge >= 0.3 is 17.9 Å². The summed E-state index contributed by atoms with van der Waals surface area (Å²) in [6, 6.07) is 4.33. The summed E-state index contributed by atoms with van der Waals surface area (Å²) in [7, 11) is 1.22. The van der Waals surface area contributed by atoms with Crippen molar-refractivity contribution in [2.45, 2.75) is 25.0 Å². The second-order valence-corrected chi connectivity index (χ2v) is 11.8. The molecule has 0 bridgehead atoms. The average molecular weight is 741 g/mol. The Hall–Kier alpha value is -1.77. The maximum Gasteiger partial charge on any atom is 0.351 e. The first-order chi connectivity index (χ1) is 20.1. The number of esters is 3. The highest BCUT2D eigenvalue weighted by atomic mass is 35.5. The standard InChI is InChI=1S/C24H20Cl6N2O8S2/c1-36-22(33)11-6-14(37-9-12(2-4-25)39-23(34)18-16(27)20(29)31-41-18)8-15(7-11)38-10-13(3-5-26)40-24(35)19-17(28)21(30)32-42-19/h6-8,12-13H,2-5,9-10H2,1H3. The Morgan fingerprint density at radius 1 is 0.738 bits per heavy atom. The van der Waals surface area contributed by atoms with Crippen LogP contribution in [0.4, 0.5) is 0 Å². The maximum atomic E-state index is 12.6. The number of methoxy groups -OCH3 is 1. The number of rotatable bonds is 15. The van der Waals surface area contributed by atoms with Gasteiger partial charge in [0, 0.05) is 30.7 Å². The van der Waals surface area contributed by atoms with Crippen LogP contribution in [-0.2, 0) is 14.2 Å². The van der Waals surface area contributed by atoms with Crippen molar-refractivity contribution >= 4 is 111 Å². The van der Waals surface area contributed by atoms with Gasteiger partial charge < -0.3 is 23.7 Å². The summed E-state index contributed by atoms with van der Waals surface area (Å²) < 4.78 is 35.1. The van der Waals surface area contributed by atoms with Crippen LogP contribution >= 0.6 is 92.7 Å². The van der Waals surface area contributed by atoms with Crippen molar-refractivity contribution in [1.29, 1.82) is 0 Å². The quantitative estimate of drug-likeness (QED) is 0.0881. The maximum absolute atomic E-state index is 12.6. The number of carbonyl (C=O) groups is 3. The minimum atomic E-state index is -0.780. The van der Waals surface area contributed by atoms with Gasteiger partial charge in [-0.15, -0.1) is 23.2 Å². The van der Waals surface area contributed by atoms with E-state index in [0.717, 1.165) is 23.1 Å². The van der Waals surface area contributed by atoms with Crippen LogP contribution in [0.15, 0.2) is 18.2 Å². The monoisotopic (exact) mass is 738 g/mol. The van der Waals surface area contributed by atoms with E-state index in [4.69, 9.17) is 93.3 Å². The highest BCUT2D eigenvalue weighted by molar-refractivity contribution is 7.09. The van der Waals surface area contributed by atoms with Gasteiger partial charge in [0.25, 0.3) is 0 Å². The second kappa shape index (κ2) is 16.9. The molecule has 3 rings (SSSR count). The fourth-order valence-electron chi connectivity index (χ4n) is 3.13. The summed E-state index contributed by atoms with van der Waals surface area (Å²) >= 11 is 37.0. The van der Waals surface area contributed by atoms with E-state index in [1.54, 1.807) is 0 Å². The molecule has 10 nitrogen and oxygen atoms in total. The lowest BCUT2D eigenvalue weighted by atomic mass is 10.2. The third-order valence-electron chi connectivity index (χ3n) is 5.15. The highest BCUT2D eigenvalue weighted by Crippen LogP contribution is 2.31. The third-order valence-corrected chi connectivity index (χ3v) is 9.14. The molecule has 0 aliphatic heterocycles. The number of carbonyl (C=O) groups excluding carboxylic acids is 3. The van der Waals surface area contributed by atoms with Crippen LogP contribution in [0.3, 0.4) is 0 Å². The second-order valence-electron chi connectivity index (χ2n) is 8.05. The highest BCUT2D eigenvalue weighted by Gasteiger charge is 2.25. The first kappa shape index (κ1) is 34.7. The van der Waals surface area contributed by atoms with Crippen LogP contribution in [0.1, 0.15) is 42.5 Å². The molecule has 228 valence electrons. The van der Waals surface area contributed by atoms with Crippen molar-refractivity contribution in [3.8, 4) is 11.5 Å². The molecule has 2 unspecified atom stereocenters. The molecule has 0 amide bonds. The van der Waals surface area contributed by atoms with Crippen LogP contribution in [0.25, 0.3) is 0 Å². The van der Waals surface area contributed by atoms with Gasteiger partial charge in [0.05, 0.1) is 12.7 Å². The minimum absolute atomic E-state index is 0.00862. The van der Waals surface area contributed by atoms with Crippen LogP contribution < -0.4 is 9.47 Å². The van der Waals surface area contributed by atoms with E-state index in [-0.39, 0.29) is 85.0 Å². The smallest absolute Gasteiger partial charge is 0.351 e. The van der Waals surface area contributed by atoms with Gasteiger partial charge in [-0.2, -0.15) is 8.75 Å². The topological polar surface area (TPSA) is 123 Å². The Bertz CT molecular complexity index is 1310. The van der Waals surface area contributed by atoms with E-state index in [1.807, 2.05) is 0 Å². The van der Waals surface area contributed by atoms with Crippen LogP contribution in [-0.4, -0.2) is 70.9 Å². The summed E-state index contributed by atoms with van der Waals surface area (Å²) in [5.41, 5.74) is 0.110. The van der Waals surface area contributed by atoms with E-state index in [0.29, 0.717) is 0 Å². The summed E-state index contributed by atoms with van der Waals surface area (Å²) in [5.74, 6) is -1.43. The molecule has 2 heterocycles. The third kappa shape index (κ3) is 9.62. The Kier molecular flexibility index (Phi) is 14.0. The molecule has 2 atom stereocenters. The lowest BCUT2D eigenvalue weighted by molar-refractivity contribution is 0.0172. The van der Waals surface area contributed by atoms with Crippen molar-refractivity contribution < 1.29 is 38.1 Å². The Labute approximate surface area is 278 Å². The fraction of sp³-hybridized carbons (Fsp3) is 0.375. The molecule has 0 saturated carbocycles. The number of halogens is 6. The zero-order chi connectivity index (χ0) is 30.8. The van der Waals surface area contributed by atoms with Crippen molar-refractivity contribution in [2.24, 2.45) is 0 Å². The molecule has 0 N–H and O–H groups in total. The Morgan fingerprint density at radius 3 is 1.50 bits per heavy atom. The largest absolute Gasteiger partial charge is 0.490 e. The predicted octanol–water partition coefficient (Wildman–Crippen LogP) is 7.47. The van der Waals surface area contributed by atoms with Crippen LogP contribution in [0.2, 0.25) is 20.4 Å².